The minimum atomic E-state index is 0.0236. The Kier molecular flexibility index (Phi) is 15.3. The molecule has 0 aliphatic carbocycles. The molecule has 3 aromatic carbocycles. The molecular formula is C33H38Cl2N2O4. The number of nitrogens with zero attached hydrogens (tertiary/aromatic N) is 2. The molecule has 4 aromatic rings. The van der Waals surface area contributed by atoms with Crippen LogP contribution >= 0.6 is 23.2 Å². The van der Waals surface area contributed by atoms with Crippen molar-refractivity contribution in [2.75, 3.05) is 6.61 Å². The smallest absolute Gasteiger partial charge is 0.231 e. The van der Waals surface area contributed by atoms with Gasteiger partial charge in [0.15, 0.2) is 5.58 Å². The summed E-state index contributed by atoms with van der Waals surface area (Å²) in [5.41, 5.74) is 2.90. The molecule has 1 aromatic heterocycles. The Morgan fingerprint density at radius 3 is 2.34 bits per heavy atom. The molecule has 218 valence electrons. The maximum absolute atomic E-state index is 10.1. The number of ether oxygens (including phenoxy) is 1. The molecule has 0 atom stereocenters. The van der Waals surface area contributed by atoms with E-state index in [1.165, 1.54) is 25.3 Å². The van der Waals surface area contributed by atoms with Gasteiger partial charge in [0.2, 0.25) is 5.89 Å². The lowest BCUT2D eigenvalue weighted by Gasteiger charge is -2.08. The highest BCUT2D eigenvalue weighted by Gasteiger charge is 2.16. The van der Waals surface area contributed by atoms with E-state index >= 15 is 0 Å². The third-order valence-electron chi connectivity index (χ3n) is 5.69. The van der Waals surface area contributed by atoms with Crippen molar-refractivity contribution >= 4 is 46.7 Å². The van der Waals surface area contributed by atoms with Gasteiger partial charge in [-0.3, -0.25) is 4.99 Å². The Morgan fingerprint density at radius 1 is 0.976 bits per heavy atom. The molecule has 8 heteroatoms. The Hall–Kier alpha value is -3.58. The van der Waals surface area contributed by atoms with E-state index in [0.29, 0.717) is 51.4 Å². The van der Waals surface area contributed by atoms with Gasteiger partial charge in [0.1, 0.15) is 29.3 Å². The van der Waals surface area contributed by atoms with Crippen LogP contribution in [0.4, 0.5) is 5.69 Å². The van der Waals surface area contributed by atoms with Crippen LogP contribution in [0.15, 0.2) is 89.3 Å². The first-order chi connectivity index (χ1) is 19.9. The van der Waals surface area contributed by atoms with E-state index in [1.807, 2.05) is 30.4 Å². The molecule has 0 unspecified atom stereocenters. The van der Waals surface area contributed by atoms with Crippen molar-refractivity contribution in [1.82, 2.24) is 4.98 Å². The summed E-state index contributed by atoms with van der Waals surface area (Å²) in [6, 6.07) is 15.5. The molecule has 0 aliphatic rings. The second kappa shape index (κ2) is 18.7. The molecule has 0 saturated heterocycles. The van der Waals surface area contributed by atoms with Crippen molar-refractivity contribution in [3.05, 3.63) is 95.5 Å². The third kappa shape index (κ3) is 11.4. The number of benzene rings is 3. The van der Waals surface area contributed by atoms with Gasteiger partial charge in [-0.2, -0.15) is 0 Å². The van der Waals surface area contributed by atoms with Gasteiger partial charge in [0, 0.05) is 22.7 Å². The van der Waals surface area contributed by atoms with Crippen LogP contribution in [0.25, 0.3) is 22.6 Å². The summed E-state index contributed by atoms with van der Waals surface area (Å²) >= 11 is 12.0. The number of unbranched alkanes of at least 4 members (excludes halogenated alkanes) is 4. The predicted octanol–water partition coefficient (Wildman–Crippen LogP) is 10.1. The van der Waals surface area contributed by atoms with Crippen LogP contribution in [0.5, 0.6) is 11.5 Å². The highest BCUT2D eigenvalue weighted by molar-refractivity contribution is 6.31. The first-order valence-corrected chi connectivity index (χ1v) is 14.2. The molecule has 0 spiro atoms. The van der Waals surface area contributed by atoms with Crippen molar-refractivity contribution in [3.63, 3.8) is 0 Å². The summed E-state index contributed by atoms with van der Waals surface area (Å²) < 4.78 is 11.7. The van der Waals surface area contributed by atoms with Crippen LogP contribution in [-0.2, 0) is 6.61 Å². The van der Waals surface area contributed by atoms with E-state index in [-0.39, 0.29) is 11.6 Å². The van der Waals surface area contributed by atoms with Crippen LogP contribution in [0, 0.1) is 0 Å². The summed E-state index contributed by atoms with van der Waals surface area (Å²) in [7, 11) is 0. The number of aromatic nitrogens is 1. The molecule has 2 N–H and O–H groups in total. The van der Waals surface area contributed by atoms with Gasteiger partial charge in [-0.05, 0) is 74.4 Å². The van der Waals surface area contributed by atoms with Gasteiger partial charge in [-0.25, -0.2) is 4.98 Å². The number of allylic oxidation sites excluding steroid dienone is 2. The van der Waals surface area contributed by atoms with E-state index < -0.39 is 0 Å². The molecule has 0 radical (unpaired) electrons. The Morgan fingerprint density at radius 2 is 1.71 bits per heavy atom. The van der Waals surface area contributed by atoms with Gasteiger partial charge in [-0.1, -0.05) is 67.3 Å². The van der Waals surface area contributed by atoms with Gasteiger partial charge in [-0.15, -0.1) is 13.2 Å². The van der Waals surface area contributed by atoms with Gasteiger partial charge in [0.05, 0.1) is 5.56 Å². The molecule has 0 saturated carbocycles. The SMILES string of the molecule is C=CCCCC.C=CCCCCO.C=Nc1cc2nc(-c3cc(Cl)ccc3O)oc2cc1OCc1cccc(Cl)c1. The number of aliphatic imine (C=N–C) groups is 1. The number of phenolic OH excluding ortho intramolecular Hbond substituents is 1. The number of aliphatic hydroxyl groups excluding tert-OH is 1. The first-order valence-electron chi connectivity index (χ1n) is 13.5. The van der Waals surface area contributed by atoms with Crippen LogP contribution < -0.4 is 4.74 Å². The molecule has 0 amide bonds. The third-order valence-corrected chi connectivity index (χ3v) is 6.16. The summed E-state index contributed by atoms with van der Waals surface area (Å²) in [5, 5.41) is 19.4. The number of halogens is 2. The lowest BCUT2D eigenvalue weighted by Crippen LogP contribution is -1.95. The average Bonchev–Trinajstić information content (AvgIpc) is 3.39. The predicted molar refractivity (Wildman–Crippen MR) is 172 cm³/mol. The fourth-order valence-electron chi connectivity index (χ4n) is 3.51. The van der Waals surface area contributed by atoms with Crippen molar-refractivity contribution in [2.45, 2.75) is 52.1 Å². The molecule has 0 aliphatic heterocycles. The summed E-state index contributed by atoms with van der Waals surface area (Å²) in [6.07, 6.45) is 10.6. The second-order valence-corrected chi connectivity index (χ2v) is 9.86. The molecule has 4 rings (SSSR count). The van der Waals surface area contributed by atoms with Crippen molar-refractivity contribution in [1.29, 1.82) is 0 Å². The van der Waals surface area contributed by atoms with Gasteiger partial charge < -0.3 is 19.4 Å². The minimum absolute atomic E-state index is 0.0236. The molecule has 1 heterocycles. The maximum atomic E-state index is 10.1. The van der Waals surface area contributed by atoms with Crippen LogP contribution in [0.2, 0.25) is 10.0 Å². The fourth-order valence-corrected chi connectivity index (χ4v) is 3.90. The Balaban J connectivity index is 0.000000379. The number of fused-ring (bicyclic) bond motifs is 1. The van der Waals surface area contributed by atoms with E-state index in [0.717, 1.165) is 24.8 Å². The van der Waals surface area contributed by atoms with Crippen molar-refractivity contribution in [2.24, 2.45) is 4.99 Å². The first kappa shape index (κ1) is 33.6. The van der Waals surface area contributed by atoms with Crippen LogP contribution in [0.1, 0.15) is 51.0 Å². The molecule has 0 bridgehead atoms. The summed E-state index contributed by atoms with van der Waals surface area (Å²) in [6.45, 7) is 13.5. The van der Waals surface area contributed by atoms with Gasteiger partial charge in [0.25, 0.3) is 0 Å². The van der Waals surface area contributed by atoms with Crippen molar-refractivity contribution < 1.29 is 19.4 Å². The number of aromatic hydroxyl groups is 1. The highest BCUT2D eigenvalue weighted by atomic mass is 35.5. The molecule has 41 heavy (non-hydrogen) atoms. The number of oxazole rings is 1. The molecule has 6 nitrogen and oxygen atoms in total. The zero-order chi connectivity index (χ0) is 30.0. The zero-order valence-corrected chi connectivity index (χ0v) is 25.0. The number of hydrogen-bond donors (Lipinski definition) is 2. The zero-order valence-electron chi connectivity index (χ0n) is 23.5. The monoisotopic (exact) mass is 596 g/mol. The highest BCUT2D eigenvalue weighted by Crippen LogP contribution is 2.37. The quantitative estimate of drug-likeness (QED) is 0.0964. The molecular weight excluding hydrogens is 559 g/mol. The fraction of sp³-hybridized carbons (Fsp3) is 0.273. The maximum Gasteiger partial charge on any atom is 0.231 e. The minimum Gasteiger partial charge on any atom is -0.507 e. The van der Waals surface area contributed by atoms with Crippen LogP contribution in [0.3, 0.4) is 0 Å². The Bertz CT molecular complexity index is 1400. The lowest BCUT2D eigenvalue weighted by atomic mass is 10.2. The second-order valence-electron chi connectivity index (χ2n) is 8.98. The summed E-state index contributed by atoms with van der Waals surface area (Å²) in [5.74, 6) is 0.771. The average molecular weight is 598 g/mol. The number of phenols is 1. The van der Waals surface area contributed by atoms with Crippen LogP contribution in [-0.4, -0.2) is 28.5 Å². The normalized spacial score (nSPS) is 10.1. The van der Waals surface area contributed by atoms with Gasteiger partial charge >= 0.3 is 0 Å². The lowest BCUT2D eigenvalue weighted by molar-refractivity contribution is 0.285. The van der Waals surface area contributed by atoms with Crippen molar-refractivity contribution in [3.8, 4) is 23.0 Å². The van der Waals surface area contributed by atoms with E-state index in [1.54, 1.807) is 30.3 Å². The number of rotatable bonds is 12. The number of hydrogen-bond acceptors (Lipinski definition) is 6. The Labute approximate surface area is 252 Å². The van der Waals surface area contributed by atoms with E-state index in [9.17, 15) is 5.11 Å². The van der Waals surface area contributed by atoms with E-state index in [4.69, 9.17) is 37.5 Å². The number of aliphatic hydroxyl groups is 1. The standard InChI is InChI=1S/C21H14Cl2N2O3.C6H12O.C6H12/c1-24-16-9-17-20(10-19(16)27-11-12-3-2-4-13(22)7-12)28-21(25-17)15-8-14(23)5-6-18(15)26;1-2-3-4-5-6-7;1-3-5-6-4-2/h2-10,26H,1,11H2;2,7H,1,3-6H2;3H,1,4-6H2,2H3. The largest absolute Gasteiger partial charge is 0.507 e. The summed E-state index contributed by atoms with van der Waals surface area (Å²) in [4.78, 5) is 8.43. The van der Waals surface area contributed by atoms with E-state index in [2.05, 4.69) is 36.8 Å². The molecule has 0 fully saturated rings. The topological polar surface area (TPSA) is 88.1 Å².